The van der Waals surface area contributed by atoms with Gasteiger partial charge >= 0.3 is 0 Å². The van der Waals surface area contributed by atoms with Gasteiger partial charge < -0.3 is 10.6 Å². The van der Waals surface area contributed by atoms with E-state index in [0.29, 0.717) is 12.2 Å². The van der Waals surface area contributed by atoms with Gasteiger partial charge in [0.1, 0.15) is 11.7 Å². The summed E-state index contributed by atoms with van der Waals surface area (Å²) < 4.78 is 28.6. The number of carbonyl (C=O) groups is 1. The molecule has 7 heteroatoms. The first kappa shape index (κ1) is 12.9. The number of hydrogen-bond acceptors (Lipinski definition) is 3. The molecule has 0 radical (unpaired) electrons. The predicted molar refractivity (Wildman–Crippen MR) is 61.6 cm³/mol. The molecule has 100 valence electrons. The maximum atomic E-state index is 13.6. The third-order valence-electron chi connectivity index (χ3n) is 3.05. The average Bonchev–Trinajstić information content (AvgIpc) is 2.79. The lowest BCUT2D eigenvalue weighted by molar-refractivity contribution is -0.0543. The molecule has 18 heavy (non-hydrogen) atoms. The molecule has 0 spiro atoms. The largest absolute Gasteiger partial charge is 0.341 e. The Morgan fingerprint density at radius 3 is 3.17 bits per heavy atom. The number of hydrogen-bond donors (Lipinski definition) is 2. The number of halogens is 2. The maximum absolute atomic E-state index is 13.6. The summed E-state index contributed by atoms with van der Waals surface area (Å²) in [5.41, 5.74) is 0.305. The summed E-state index contributed by atoms with van der Waals surface area (Å²) >= 11 is 0. The molecule has 5 nitrogen and oxygen atoms in total. The van der Waals surface area contributed by atoms with E-state index in [2.05, 4.69) is 15.7 Å². The number of nitrogens with one attached hydrogen (secondary N) is 2. The number of nitrogens with zero attached hydrogens (tertiary/aromatic N) is 2. The number of amides is 1. The summed E-state index contributed by atoms with van der Waals surface area (Å²) in [7, 11) is 0. The number of aryl methyl sites for hydroxylation is 1. The van der Waals surface area contributed by atoms with Crippen LogP contribution < -0.4 is 10.6 Å². The van der Waals surface area contributed by atoms with Crippen LogP contribution in [-0.4, -0.2) is 40.7 Å². The van der Waals surface area contributed by atoms with E-state index in [9.17, 15) is 13.6 Å². The first-order valence-corrected chi connectivity index (χ1v) is 5.96. The first-order valence-electron chi connectivity index (χ1n) is 5.96. The molecule has 1 atom stereocenters. The molecular weight excluding hydrogens is 242 g/mol. The molecule has 2 heterocycles. The minimum Gasteiger partial charge on any atom is -0.341 e. The third-order valence-corrected chi connectivity index (χ3v) is 3.05. The summed E-state index contributed by atoms with van der Waals surface area (Å²) in [6.45, 7) is 2.71. The fraction of sp³-hybridized carbons (Fsp3) is 0.636. The van der Waals surface area contributed by atoms with Gasteiger partial charge in [-0.1, -0.05) is 0 Å². The molecule has 2 N–H and O–H groups in total. The molecule has 1 fully saturated rings. The zero-order valence-corrected chi connectivity index (χ0v) is 10.1. The second kappa shape index (κ2) is 5.01. The average molecular weight is 258 g/mol. The lowest BCUT2D eigenvalue weighted by Gasteiger charge is -2.32. The Kier molecular flexibility index (Phi) is 3.60. The SMILES string of the molecule is CCn1nccc1C(=O)NC1CNCCC1(F)F. The van der Waals surface area contributed by atoms with Gasteiger partial charge in [0.05, 0.1) is 0 Å². The minimum absolute atomic E-state index is 0.0823. The zero-order valence-electron chi connectivity index (χ0n) is 10.1. The van der Waals surface area contributed by atoms with Crippen LogP contribution in [-0.2, 0) is 6.54 Å². The predicted octanol–water partition coefficient (Wildman–Crippen LogP) is 0.630. The Morgan fingerprint density at radius 2 is 2.50 bits per heavy atom. The van der Waals surface area contributed by atoms with Crippen LogP contribution in [0.3, 0.4) is 0 Å². The Bertz CT molecular complexity index is 432. The molecule has 1 aliphatic heterocycles. The van der Waals surface area contributed by atoms with Crippen LogP contribution in [0, 0.1) is 0 Å². The Balaban J connectivity index is 2.07. The van der Waals surface area contributed by atoms with Crippen molar-refractivity contribution in [3.8, 4) is 0 Å². The highest BCUT2D eigenvalue weighted by atomic mass is 19.3. The third kappa shape index (κ3) is 2.50. The summed E-state index contributed by atoms with van der Waals surface area (Å²) in [6, 6.07) is 0.353. The van der Waals surface area contributed by atoms with Crippen molar-refractivity contribution in [1.29, 1.82) is 0 Å². The van der Waals surface area contributed by atoms with Gasteiger partial charge in [-0.15, -0.1) is 0 Å². The molecule has 1 saturated heterocycles. The Hall–Kier alpha value is -1.50. The lowest BCUT2D eigenvalue weighted by atomic mass is 10.0. The highest BCUT2D eigenvalue weighted by molar-refractivity contribution is 5.92. The molecule has 1 unspecified atom stereocenters. The normalized spacial score (nSPS) is 22.7. The van der Waals surface area contributed by atoms with Gasteiger partial charge in [-0.2, -0.15) is 5.10 Å². The molecule has 0 aromatic carbocycles. The van der Waals surface area contributed by atoms with E-state index in [4.69, 9.17) is 0 Å². The summed E-state index contributed by atoms with van der Waals surface area (Å²) in [5, 5.41) is 9.16. The molecular formula is C11H16F2N4O. The molecule has 0 aliphatic carbocycles. The van der Waals surface area contributed by atoms with Gasteiger partial charge in [-0.05, 0) is 13.0 Å². The van der Waals surface area contributed by atoms with E-state index < -0.39 is 17.9 Å². The first-order chi connectivity index (χ1) is 8.54. The summed E-state index contributed by atoms with van der Waals surface area (Å²) in [5.74, 6) is -3.37. The van der Waals surface area contributed by atoms with Crippen molar-refractivity contribution in [2.24, 2.45) is 0 Å². The second-order valence-electron chi connectivity index (χ2n) is 4.27. The van der Waals surface area contributed by atoms with Crippen LogP contribution in [0.5, 0.6) is 0 Å². The van der Waals surface area contributed by atoms with Crippen LogP contribution in [0.1, 0.15) is 23.8 Å². The van der Waals surface area contributed by atoms with Crippen molar-refractivity contribution >= 4 is 5.91 Å². The van der Waals surface area contributed by atoms with Gasteiger partial charge in [0.25, 0.3) is 11.8 Å². The monoisotopic (exact) mass is 258 g/mol. The van der Waals surface area contributed by atoms with E-state index in [1.54, 1.807) is 0 Å². The van der Waals surface area contributed by atoms with Crippen LogP contribution in [0.25, 0.3) is 0 Å². The molecule has 1 aliphatic rings. The van der Waals surface area contributed by atoms with E-state index in [1.807, 2.05) is 6.92 Å². The number of rotatable bonds is 3. The maximum Gasteiger partial charge on any atom is 0.270 e. The highest BCUT2D eigenvalue weighted by Crippen LogP contribution is 2.25. The van der Waals surface area contributed by atoms with Crippen molar-refractivity contribution in [2.75, 3.05) is 13.1 Å². The van der Waals surface area contributed by atoms with Gasteiger partial charge in [0.15, 0.2) is 0 Å². The van der Waals surface area contributed by atoms with Gasteiger partial charge in [-0.3, -0.25) is 9.48 Å². The van der Waals surface area contributed by atoms with Crippen molar-refractivity contribution in [3.63, 3.8) is 0 Å². The van der Waals surface area contributed by atoms with E-state index >= 15 is 0 Å². The Labute approximate surface area is 104 Å². The molecule has 1 aromatic rings. The van der Waals surface area contributed by atoms with E-state index in [0.717, 1.165) is 0 Å². The van der Waals surface area contributed by atoms with E-state index in [-0.39, 0.29) is 19.5 Å². The Morgan fingerprint density at radius 1 is 1.72 bits per heavy atom. The van der Waals surface area contributed by atoms with Crippen molar-refractivity contribution in [2.45, 2.75) is 31.9 Å². The molecule has 0 saturated carbocycles. The fourth-order valence-corrected chi connectivity index (χ4v) is 1.99. The lowest BCUT2D eigenvalue weighted by Crippen LogP contribution is -2.57. The van der Waals surface area contributed by atoms with Crippen LogP contribution >= 0.6 is 0 Å². The summed E-state index contributed by atoms with van der Waals surface area (Å²) in [6.07, 6.45) is 1.22. The van der Waals surface area contributed by atoms with Crippen molar-refractivity contribution < 1.29 is 13.6 Å². The zero-order chi connectivity index (χ0) is 13.2. The second-order valence-corrected chi connectivity index (χ2v) is 4.27. The smallest absolute Gasteiger partial charge is 0.270 e. The highest BCUT2D eigenvalue weighted by Gasteiger charge is 2.42. The number of alkyl halides is 2. The van der Waals surface area contributed by atoms with Crippen LogP contribution in [0.15, 0.2) is 12.3 Å². The van der Waals surface area contributed by atoms with E-state index in [1.165, 1.54) is 16.9 Å². The van der Waals surface area contributed by atoms with Crippen LogP contribution in [0.2, 0.25) is 0 Å². The van der Waals surface area contributed by atoms with Crippen molar-refractivity contribution in [1.82, 2.24) is 20.4 Å². The van der Waals surface area contributed by atoms with Crippen molar-refractivity contribution in [3.05, 3.63) is 18.0 Å². The number of aromatic nitrogens is 2. The topological polar surface area (TPSA) is 59.0 Å². The fourth-order valence-electron chi connectivity index (χ4n) is 1.99. The molecule has 0 bridgehead atoms. The van der Waals surface area contributed by atoms with Gasteiger partial charge in [-0.25, -0.2) is 8.78 Å². The number of carbonyl (C=O) groups excluding carboxylic acids is 1. The minimum atomic E-state index is -2.86. The number of piperidine rings is 1. The molecule has 2 rings (SSSR count). The molecule has 1 amide bonds. The van der Waals surface area contributed by atoms with Gasteiger partial charge in [0.2, 0.25) is 0 Å². The summed E-state index contributed by atoms with van der Waals surface area (Å²) in [4.78, 5) is 11.9. The quantitative estimate of drug-likeness (QED) is 0.836. The molecule has 1 aromatic heterocycles. The van der Waals surface area contributed by atoms with Crippen LogP contribution in [0.4, 0.5) is 8.78 Å². The van der Waals surface area contributed by atoms with Gasteiger partial charge in [0, 0.05) is 32.3 Å². The standard InChI is InChI=1S/C11H16F2N4O/c1-2-17-8(3-5-15-17)10(18)16-9-7-14-6-4-11(9,12)13/h3,5,9,14H,2,4,6-7H2,1H3,(H,16,18).